The number of aliphatic carboxylic acids is 2. The Bertz CT molecular complexity index is 3290. The van der Waals surface area contributed by atoms with Crippen LogP contribution >= 0.6 is 0 Å². The highest BCUT2D eigenvalue weighted by molar-refractivity contribution is 6.03. The van der Waals surface area contributed by atoms with E-state index in [0.29, 0.717) is 13.0 Å². The number of carbonyl (C=O) groups is 2. The number of carboxylic acid groups (broad SMARTS) is 2. The topological polar surface area (TPSA) is 105 Å². The fraction of sp³-hybridized carbons (Fsp3) is 0.347. The van der Waals surface area contributed by atoms with E-state index in [1.807, 2.05) is 64.4 Å². The normalized spacial score (nSPS) is 16.1. The number of fused-ring (bicyclic) bond motifs is 2. The van der Waals surface area contributed by atoms with Gasteiger partial charge in [-0.3, -0.25) is 0 Å². The molecule has 0 N–H and O–H groups in total. The summed E-state index contributed by atoms with van der Waals surface area (Å²) in [5, 5.41) is 21.8. The first-order chi connectivity index (χ1) is 39.3. The third-order valence-electron chi connectivity index (χ3n) is 16.4. The molecule has 10 nitrogen and oxygen atoms in total. The fourth-order valence-corrected chi connectivity index (χ4v) is 11.8. The quantitative estimate of drug-likeness (QED) is 0.0515. The molecular formula is C72H84N5O5-. The Kier molecular flexibility index (Phi) is 19.5. The molecule has 0 aromatic heterocycles. The molecule has 0 unspecified atom stereocenters. The van der Waals surface area contributed by atoms with E-state index in [2.05, 4.69) is 206 Å². The first-order valence-electron chi connectivity index (χ1n) is 29.3. The Morgan fingerprint density at radius 1 is 0.634 bits per heavy atom. The van der Waals surface area contributed by atoms with Crippen LogP contribution in [-0.4, -0.2) is 77.1 Å². The van der Waals surface area contributed by atoms with Gasteiger partial charge in [-0.2, -0.15) is 4.58 Å². The van der Waals surface area contributed by atoms with Crippen LogP contribution in [0.3, 0.4) is 0 Å². The molecular weight excluding hydrogens is 1010 g/mol. The lowest BCUT2D eigenvalue weighted by molar-refractivity contribution is -0.437. The minimum absolute atomic E-state index is 0.00518. The zero-order valence-electron chi connectivity index (χ0n) is 50.3. The number of allylic oxidation sites excluding steroid dienone is 7. The highest BCUT2D eigenvalue weighted by atomic mass is 16.5. The molecule has 0 amide bonds. The molecule has 2 heterocycles. The molecule has 0 radical (unpaired) electrons. The van der Waals surface area contributed by atoms with E-state index in [9.17, 15) is 19.8 Å². The number of para-hydroxylation sites is 2. The average molecular weight is 1100 g/mol. The summed E-state index contributed by atoms with van der Waals surface area (Å²) in [5.41, 5.74) is 18.0. The van der Waals surface area contributed by atoms with Crippen LogP contribution in [-0.2, 0) is 26.8 Å². The summed E-state index contributed by atoms with van der Waals surface area (Å²) >= 11 is 0. The third-order valence-corrected chi connectivity index (χ3v) is 16.4. The molecule has 0 saturated carbocycles. The number of hydrogen-bond acceptors (Lipinski definition) is 9. The summed E-state index contributed by atoms with van der Waals surface area (Å²) in [6.45, 7) is 16.2. The maximum Gasteiger partial charge on any atom is 0.209 e. The van der Waals surface area contributed by atoms with E-state index in [4.69, 9.17) is 4.74 Å². The van der Waals surface area contributed by atoms with Gasteiger partial charge in [-0.25, -0.2) is 0 Å². The van der Waals surface area contributed by atoms with E-state index in [0.717, 1.165) is 68.0 Å². The van der Waals surface area contributed by atoms with Gasteiger partial charge in [0.1, 0.15) is 18.1 Å². The lowest BCUT2D eigenvalue weighted by atomic mass is 9.81. The van der Waals surface area contributed by atoms with Crippen molar-refractivity contribution in [1.82, 2.24) is 0 Å². The molecule has 0 spiro atoms. The van der Waals surface area contributed by atoms with Crippen molar-refractivity contribution in [3.05, 3.63) is 226 Å². The summed E-state index contributed by atoms with van der Waals surface area (Å²) in [5.74, 6) is -0.300. The standard InChI is InChI=1S/C45H52N2O3.C27H33N3O2/c1-7-30-46-38-18-11-9-16-36(38)44(3,4)40(46)27-23-33-14-13-15-34(43(33)50-35-25-20-32(21-26-35)22-29-42(48)49)24-28-41-45(5,6)37-17-10-12-19-39(37)47(41)31-8-2;1-28(2)23-12-6-20(7-13-23)27(21-8-14-24(15-9-21)29(3)4)22-10-16-25(17-11-22)30(5)19-18-26(31)32/h9-12,16-21,23-28H,7-8,13-15,22,29-31H2,1-6H3;6-17,27H,18-19H2,1-5H3,(H,31,32)/p-1. The van der Waals surface area contributed by atoms with Crippen LogP contribution in [0.4, 0.5) is 28.4 Å². The molecule has 2 aliphatic heterocycles. The van der Waals surface area contributed by atoms with E-state index < -0.39 is 11.9 Å². The lowest BCUT2D eigenvalue weighted by Gasteiger charge is -2.27. The van der Waals surface area contributed by atoms with Crippen molar-refractivity contribution < 1.29 is 29.1 Å². The minimum Gasteiger partial charge on any atom is -0.550 e. The van der Waals surface area contributed by atoms with E-state index >= 15 is 0 Å². The largest absolute Gasteiger partial charge is 0.550 e. The first kappa shape index (κ1) is 60.0. The Morgan fingerprint density at radius 2 is 1.20 bits per heavy atom. The maximum atomic E-state index is 11.0. The predicted octanol–water partition coefficient (Wildman–Crippen LogP) is 12.8. The number of rotatable bonds is 21. The van der Waals surface area contributed by atoms with Gasteiger partial charge in [-0.05, 0) is 158 Å². The molecule has 3 aliphatic rings. The number of carboxylic acids is 2. The molecule has 0 atom stereocenters. The lowest BCUT2D eigenvalue weighted by Crippen LogP contribution is -2.28. The fourth-order valence-electron chi connectivity index (χ4n) is 11.8. The van der Waals surface area contributed by atoms with Crippen molar-refractivity contribution in [2.24, 2.45) is 0 Å². The summed E-state index contributed by atoms with van der Waals surface area (Å²) < 4.78 is 9.32. The van der Waals surface area contributed by atoms with Crippen molar-refractivity contribution in [2.75, 3.05) is 74.5 Å². The zero-order chi connectivity index (χ0) is 58.7. The molecule has 6 aromatic rings. The van der Waals surface area contributed by atoms with Crippen LogP contribution in [0.5, 0.6) is 5.75 Å². The van der Waals surface area contributed by atoms with Crippen LogP contribution in [0.1, 0.15) is 126 Å². The van der Waals surface area contributed by atoms with Gasteiger partial charge in [0.2, 0.25) is 5.69 Å². The molecule has 10 heteroatoms. The molecule has 1 aliphatic carbocycles. The number of aryl methyl sites for hydroxylation is 1. The van der Waals surface area contributed by atoms with Gasteiger partial charge in [0, 0.05) is 131 Å². The zero-order valence-corrected chi connectivity index (χ0v) is 50.3. The summed E-state index contributed by atoms with van der Waals surface area (Å²) in [4.78, 5) is 30.4. The van der Waals surface area contributed by atoms with Gasteiger partial charge < -0.3 is 44.1 Å². The highest BCUT2D eigenvalue weighted by Crippen LogP contribution is 2.48. The van der Waals surface area contributed by atoms with Gasteiger partial charge in [0.25, 0.3) is 0 Å². The van der Waals surface area contributed by atoms with Crippen LogP contribution in [0.2, 0.25) is 0 Å². The summed E-state index contributed by atoms with van der Waals surface area (Å²) in [6.07, 6.45) is 14.7. The minimum atomic E-state index is -1.03. The number of ether oxygens (including phenoxy) is 1. The summed E-state index contributed by atoms with van der Waals surface area (Å²) in [7, 11) is 10.1. The molecule has 9 rings (SSSR count). The molecule has 6 aromatic carbocycles. The molecule has 0 bridgehead atoms. The van der Waals surface area contributed by atoms with Gasteiger partial charge in [0.05, 0.1) is 5.41 Å². The second kappa shape index (κ2) is 26.7. The SMILES string of the molecule is CCCN1/C(=C/C=C2\CCCC(/C=C/C3=[N+](CCC)c4ccccc4C3(C)C)=C2Oc2ccc(CCC(=O)[O-])cc2)C(C)(C)c2ccccc21.CN(C)c1ccc(C(c2ccc(N(C)C)cc2)c2ccc(N(C)CCC(=O)[O-])cc2)cc1. The first-order valence-corrected chi connectivity index (χ1v) is 29.3. The van der Waals surface area contributed by atoms with Crippen molar-refractivity contribution in [3.8, 4) is 5.75 Å². The Hall–Kier alpha value is -8.11. The molecule has 428 valence electrons. The summed E-state index contributed by atoms with van der Waals surface area (Å²) in [6, 6.07) is 51.2. The monoisotopic (exact) mass is 1100 g/mol. The van der Waals surface area contributed by atoms with Gasteiger partial charge >= 0.3 is 0 Å². The van der Waals surface area contributed by atoms with Crippen LogP contribution in [0.25, 0.3) is 0 Å². The molecule has 0 fully saturated rings. The smallest absolute Gasteiger partial charge is 0.209 e. The number of anilines is 4. The van der Waals surface area contributed by atoms with Crippen LogP contribution in [0, 0.1) is 0 Å². The maximum absolute atomic E-state index is 11.0. The number of benzene rings is 6. The average Bonchev–Trinajstić information content (AvgIpc) is 3.43. The van der Waals surface area contributed by atoms with E-state index in [1.54, 1.807) is 0 Å². The van der Waals surface area contributed by atoms with Crippen molar-refractivity contribution >= 4 is 46.1 Å². The van der Waals surface area contributed by atoms with E-state index in [-0.39, 0.29) is 29.6 Å². The van der Waals surface area contributed by atoms with Crippen molar-refractivity contribution in [2.45, 2.75) is 110 Å². The Labute approximate surface area is 488 Å². The van der Waals surface area contributed by atoms with Gasteiger partial charge in [-0.15, -0.1) is 0 Å². The number of nitrogens with zero attached hydrogens (tertiary/aromatic N) is 5. The molecule has 82 heavy (non-hydrogen) atoms. The second-order valence-electron chi connectivity index (χ2n) is 23.4. The number of carbonyl (C=O) groups excluding carboxylic acids is 2. The predicted molar refractivity (Wildman–Crippen MR) is 335 cm³/mol. The van der Waals surface area contributed by atoms with E-state index in [1.165, 1.54) is 73.1 Å². The van der Waals surface area contributed by atoms with Crippen LogP contribution < -0.4 is 34.5 Å². The molecule has 0 saturated heterocycles. The second-order valence-corrected chi connectivity index (χ2v) is 23.4. The van der Waals surface area contributed by atoms with Crippen molar-refractivity contribution in [1.29, 1.82) is 0 Å². The highest BCUT2D eigenvalue weighted by Gasteiger charge is 2.44. The Balaban J connectivity index is 0.000000237. The van der Waals surface area contributed by atoms with Crippen molar-refractivity contribution in [3.63, 3.8) is 0 Å². The third kappa shape index (κ3) is 13.8. The van der Waals surface area contributed by atoms with Crippen LogP contribution in [0.15, 0.2) is 192 Å². The van der Waals surface area contributed by atoms with Gasteiger partial charge in [-0.1, -0.05) is 119 Å². The van der Waals surface area contributed by atoms with Gasteiger partial charge in [0.15, 0.2) is 5.71 Å². The Morgan fingerprint density at radius 3 is 1.76 bits per heavy atom. The number of hydrogen-bond donors (Lipinski definition) is 0.